The SMILES string of the molecule is NCC1CCCC1C(=O)NCc1cscn1. The van der Waals surface area contributed by atoms with Gasteiger partial charge in [0.15, 0.2) is 0 Å². The summed E-state index contributed by atoms with van der Waals surface area (Å²) in [6.45, 7) is 1.16. The molecule has 2 atom stereocenters. The van der Waals surface area contributed by atoms with Gasteiger partial charge in [0.05, 0.1) is 17.7 Å². The summed E-state index contributed by atoms with van der Waals surface area (Å²) in [5.41, 5.74) is 8.37. The predicted octanol–water partition coefficient (Wildman–Crippen LogP) is 1.13. The van der Waals surface area contributed by atoms with E-state index in [9.17, 15) is 4.79 Å². The third kappa shape index (κ3) is 2.59. The van der Waals surface area contributed by atoms with Gasteiger partial charge >= 0.3 is 0 Å². The molecule has 0 spiro atoms. The number of hydrogen-bond donors (Lipinski definition) is 2. The average molecular weight is 239 g/mol. The summed E-state index contributed by atoms with van der Waals surface area (Å²) < 4.78 is 0. The number of aromatic nitrogens is 1. The van der Waals surface area contributed by atoms with Crippen LogP contribution in [-0.4, -0.2) is 17.4 Å². The molecule has 16 heavy (non-hydrogen) atoms. The summed E-state index contributed by atoms with van der Waals surface area (Å²) in [4.78, 5) is 16.1. The van der Waals surface area contributed by atoms with Crippen LogP contribution in [0, 0.1) is 11.8 Å². The van der Waals surface area contributed by atoms with E-state index in [0.29, 0.717) is 19.0 Å². The molecule has 5 heteroatoms. The molecule has 1 aromatic heterocycles. The van der Waals surface area contributed by atoms with Gasteiger partial charge in [0.2, 0.25) is 5.91 Å². The minimum Gasteiger partial charge on any atom is -0.350 e. The fourth-order valence-electron chi connectivity index (χ4n) is 2.30. The maximum absolute atomic E-state index is 11.9. The lowest BCUT2D eigenvalue weighted by atomic mass is 9.95. The summed E-state index contributed by atoms with van der Waals surface area (Å²) in [5.74, 6) is 0.625. The smallest absolute Gasteiger partial charge is 0.223 e. The third-order valence-corrected chi connectivity index (χ3v) is 3.86. The predicted molar refractivity (Wildman–Crippen MR) is 63.8 cm³/mol. The molecular weight excluding hydrogens is 222 g/mol. The number of thiazole rings is 1. The van der Waals surface area contributed by atoms with Crippen molar-refractivity contribution in [2.24, 2.45) is 17.6 Å². The van der Waals surface area contributed by atoms with Crippen molar-refractivity contribution in [2.45, 2.75) is 25.8 Å². The fourth-order valence-corrected chi connectivity index (χ4v) is 2.86. The van der Waals surface area contributed by atoms with E-state index in [1.807, 2.05) is 5.38 Å². The third-order valence-electron chi connectivity index (χ3n) is 3.23. The van der Waals surface area contributed by atoms with E-state index in [1.54, 1.807) is 16.8 Å². The molecule has 1 amide bonds. The van der Waals surface area contributed by atoms with Gasteiger partial charge in [-0.15, -0.1) is 11.3 Å². The second-order valence-electron chi connectivity index (χ2n) is 4.23. The van der Waals surface area contributed by atoms with Crippen molar-refractivity contribution in [3.8, 4) is 0 Å². The second-order valence-corrected chi connectivity index (χ2v) is 4.95. The van der Waals surface area contributed by atoms with Crippen molar-refractivity contribution in [2.75, 3.05) is 6.54 Å². The Balaban J connectivity index is 1.83. The standard InChI is InChI=1S/C11H17N3OS/c12-4-8-2-1-3-10(8)11(15)13-5-9-6-16-7-14-9/h6-8,10H,1-5,12H2,(H,13,15). The number of nitrogens with one attached hydrogen (secondary N) is 1. The van der Waals surface area contributed by atoms with Gasteiger partial charge in [-0.1, -0.05) is 6.42 Å². The number of nitrogens with two attached hydrogens (primary N) is 1. The molecule has 0 bridgehead atoms. The van der Waals surface area contributed by atoms with Crippen LogP contribution in [0.5, 0.6) is 0 Å². The zero-order valence-electron chi connectivity index (χ0n) is 9.19. The Morgan fingerprint density at radius 3 is 3.19 bits per heavy atom. The number of rotatable bonds is 4. The topological polar surface area (TPSA) is 68.0 Å². The van der Waals surface area contributed by atoms with Crippen LogP contribution < -0.4 is 11.1 Å². The van der Waals surface area contributed by atoms with E-state index in [0.717, 1.165) is 25.0 Å². The maximum Gasteiger partial charge on any atom is 0.223 e. The normalized spacial score (nSPS) is 24.6. The summed E-state index contributed by atoms with van der Waals surface area (Å²) in [6.07, 6.45) is 3.19. The molecule has 1 heterocycles. The second kappa shape index (κ2) is 5.41. The van der Waals surface area contributed by atoms with Crippen molar-refractivity contribution < 1.29 is 4.79 Å². The van der Waals surface area contributed by atoms with Crippen LogP contribution in [0.4, 0.5) is 0 Å². The monoisotopic (exact) mass is 239 g/mol. The van der Waals surface area contributed by atoms with Crippen LogP contribution in [0.15, 0.2) is 10.9 Å². The number of hydrogen-bond acceptors (Lipinski definition) is 4. The van der Waals surface area contributed by atoms with Crippen LogP contribution >= 0.6 is 11.3 Å². The zero-order chi connectivity index (χ0) is 11.4. The molecule has 0 saturated heterocycles. The van der Waals surface area contributed by atoms with E-state index in [1.165, 1.54) is 0 Å². The van der Waals surface area contributed by atoms with Crippen molar-refractivity contribution in [3.63, 3.8) is 0 Å². The molecule has 1 aliphatic rings. The van der Waals surface area contributed by atoms with E-state index in [2.05, 4.69) is 10.3 Å². The Morgan fingerprint density at radius 1 is 1.62 bits per heavy atom. The van der Waals surface area contributed by atoms with Crippen molar-refractivity contribution >= 4 is 17.2 Å². The van der Waals surface area contributed by atoms with Crippen molar-refractivity contribution in [1.29, 1.82) is 0 Å². The fraction of sp³-hybridized carbons (Fsp3) is 0.636. The van der Waals surface area contributed by atoms with E-state index < -0.39 is 0 Å². The zero-order valence-corrected chi connectivity index (χ0v) is 10.0. The molecule has 0 aromatic carbocycles. The van der Waals surface area contributed by atoms with Crippen molar-refractivity contribution in [3.05, 3.63) is 16.6 Å². The van der Waals surface area contributed by atoms with Crippen LogP contribution in [-0.2, 0) is 11.3 Å². The number of carbonyl (C=O) groups excluding carboxylic acids is 1. The highest BCUT2D eigenvalue weighted by Crippen LogP contribution is 2.30. The first-order valence-electron chi connectivity index (χ1n) is 5.66. The first kappa shape index (κ1) is 11.5. The summed E-state index contributed by atoms with van der Waals surface area (Å²) in [6, 6.07) is 0. The van der Waals surface area contributed by atoms with E-state index in [-0.39, 0.29) is 11.8 Å². The highest BCUT2D eigenvalue weighted by Gasteiger charge is 2.31. The van der Waals surface area contributed by atoms with Crippen LogP contribution in [0.25, 0.3) is 0 Å². The minimum absolute atomic E-state index is 0.114. The Kier molecular flexibility index (Phi) is 3.90. The lowest BCUT2D eigenvalue weighted by Gasteiger charge is -2.16. The lowest BCUT2D eigenvalue weighted by Crippen LogP contribution is -2.34. The maximum atomic E-state index is 11.9. The lowest BCUT2D eigenvalue weighted by molar-refractivity contribution is -0.126. The Morgan fingerprint density at radius 2 is 2.50 bits per heavy atom. The summed E-state index contributed by atoms with van der Waals surface area (Å²) in [5, 5.41) is 4.89. The first-order valence-corrected chi connectivity index (χ1v) is 6.60. The molecule has 3 N–H and O–H groups in total. The number of amides is 1. The molecule has 0 aliphatic heterocycles. The number of carbonyl (C=O) groups is 1. The Hall–Kier alpha value is -0.940. The molecule has 4 nitrogen and oxygen atoms in total. The molecule has 88 valence electrons. The average Bonchev–Trinajstić information content (AvgIpc) is 2.96. The van der Waals surface area contributed by atoms with Gasteiger partial charge in [0.1, 0.15) is 0 Å². The number of nitrogens with zero attached hydrogens (tertiary/aromatic N) is 1. The van der Waals surface area contributed by atoms with Gasteiger partial charge in [0.25, 0.3) is 0 Å². The van der Waals surface area contributed by atoms with E-state index >= 15 is 0 Å². The molecule has 1 saturated carbocycles. The molecule has 1 aliphatic carbocycles. The van der Waals surface area contributed by atoms with Gasteiger partial charge in [-0.2, -0.15) is 0 Å². The van der Waals surface area contributed by atoms with Gasteiger partial charge in [-0.25, -0.2) is 4.98 Å². The quantitative estimate of drug-likeness (QED) is 0.827. The van der Waals surface area contributed by atoms with Crippen LogP contribution in [0.3, 0.4) is 0 Å². The first-order chi connectivity index (χ1) is 7.81. The highest BCUT2D eigenvalue weighted by molar-refractivity contribution is 7.07. The van der Waals surface area contributed by atoms with Gasteiger partial charge in [-0.05, 0) is 25.3 Å². The molecule has 1 fully saturated rings. The van der Waals surface area contributed by atoms with Gasteiger partial charge in [-0.3, -0.25) is 4.79 Å². The molecule has 1 aromatic rings. The molecule has 2 unspecified atom stereocenters. The van der Waals surface area contributed by atoms with Crippen LogP contribution in [0.1, 0.15) is 25.0 Å². The summed E-state index contributed by atoms with van der Waals surface area (Å²) >= 11 is 1.55. The Labute approximate surface area is 99.3 Å². The van der Waals surface area contributed by atoms with Gasteiger partial charge in [0, 0.05) is 11.3 Å². The molecule has 2 rings (SSSR count). The van der Waals surface area contributed by atoms with Crippen LogP contribution in [0.2, 0.25) is 0 Å². The van der Waals surface area contributed by atoms with E-state index in [4.69, 9.17) is 5.73 Å². The largest absolute Gasteiger partial charge is 0.350 e. The van der Waals surface area contributed by atoms with Crippen molar-refractivity contribution in [1.82, 2.24) is 10.3 Å². The highest BCUT2D eigenvalue weighted by atomic mass is 32.1. The molecular formula is C11H17N3OS. The molecule has 0 radical (unpaired) electrons. The van der Waals surface area contributed by atoms with Gasteiger partial charge < -0.3 is 11.1 Å². The summed E-state index contributed by atoms with van der Waals surface area (Å²) in [7, 11) is 0. The minimum atomic E-state index is 0.114. The Bertz CT molecular complexity index is 339.